The first-order valence-electron chi connectivity index (χ1n) is 6.21. The SMILES string of the molecule is CO[C@H]1C(=O)N(CCCl)[C@H]1C=NCc1ccccc1. The molecule has 1 heterocycles. The third-order valence-electron chi connectivity index (χ3n) is 3.15. The number of methoxy groups -OCH3 is 1. The van der Waals surface area contributed by atoms with Gasteiger partial charge < -0.3 is 9.64 Å². The fourth-order valence-corrected chi connectivity index (χ4v) is 2.32. The van der Waals surface area contributed by atoms with Gasteiger partial charge in [0.15, 0.2) is 6.10 Å². The van der Waals surface area contributed by atoms with Crippen molar-refractivity contribution in [2.75, 3.05) is 19.5 Å². The number of benzene rings is 1. The number of rotatable bonds is 6. The van der Waals surface area contributed by atoms with E-state index in [1.165, 1.54) is 0 Å². The number of halogens is 1. The minimum atomic E-state index is -0.414. The lowest BCUT2D eigenvalue weighted by molar-refractivity contribution is -0.163. The van der Waals surface area contributed by atoms with E-state index in [0.717, 1.165) is 5.56 Å². The van der Waals surface area contributed by atoms with E-state index in [1.54, 1.807) is 18.2 Å². The van der Waals surface area contributed by atoms with Gasteiger partial charge >= 0.3 is 0 Å². The number of hydrogen-bond donors (Lipinski definition) is 0. The van der Waals surface area contributed by atoms with Gasteiger partial charge in [-0.3, -0.25) is 9.79 Å². The Kier molecular flexibility index (Phi) is 4.93. The zero-order valence-electron chi connectivity index (χ0n) is 10.8. The van der Waals surface area contributed by atoms with E-state index in [4.69, 9.17) is 16.3 Å². The molecule has 4 nitrogen and oxygen atoms in total. The van der Waals surface area contributed by atoms with E-state index in [9.17, 15) is 4.79 Å². The molecule has 0 aliphatic carbocycles. The smallest absolute Gasteiger partial charge is 0.254 e. The Morgan fingerprint density at radius 2 is 2.16 bits per heavy atom. The highest BCUT2D eigenvalue weighted by molar-refractivity contribution is 6.18. The molecule has 0 radical (unpaired) electrons. The Morgan fingerprint density at radius 3 is 2.79 bits per heavy atom. The Morgan fingerprint density at radius 1 is 1.42 bits per heavy atom. The van der Waals surface area contributed by atoms with Gasteiger partial charge in [-0.05, 0) is 5.56 Å². The van der Waals surface area contributed by atoms with Crippen LogP contribution in [0.3, 0.4) is 0 Å². The number of amides is 1. The maximum Gasteiger partial charge on any atom is 0.254 e. The molecule has 5 heteroatoms. The molecule has 102 valence electrons. The molecule has 0 N–H and O–H groups in total. The summed E-state index contributed by atoms with van der Waals surface area (Å²) < 4.78 is 5.16. The summed E-state index contributed by atoms with van der Waals surface area (Å²) in [4.78, 5) is 17.8. The molecule has 0 spiro atoms. The average molecular weight is 281 g/mol. The van der Waals surface area contributed by atoms with Crippen LogP contribution >= 0.6 is 11.6 Å². The molecular formula is C14H17ClN2O2. The van der Waals surface area contributed by atoms with Crippen LogP contribution in [-0.2, 0) is 16.1 Å². The Hall–Kier alpha value is -1.39. The summed E-state index contributed by atoms with van der Waals surface area (Å²) >= 11 is 5.68. The van der Waals surface area contributed by atoms with Crippen LogP contribution in [0.1, 0.15) is 5.56 Å². The maximum atomic E-state index is 11.7. The molecule has 1 aliphatic rings. The monoisotopic (exact) mass is 280 g/mol. The molecular weight excluding hydrogens is 264 g/mol. The number of ether oxygens (including phenoxy) is 1. The van der Waals surface area contributed by atoms with Crippen LogP contribution < -0.4 is 0 Å². The minimum Gasteiger partial charge on any atom is -0.369 e. The largest absolute Gasteiger partial charge is 0.369 e. The van der Waals surface area contributed by atoms with Gasteiger partial charge in [-0.25, -0.2) is 0 Å². The van der Waals surface area contributed by atoms with Crippen molar-refractivity contribution in [1.82, 2.24) is 4.90 Å². The molecule has 2 rings (SSSR count). The van der Waals surface area contributed by atoms with Gasteiger partial charge in [-0.2, -0.15) is 0 Å². The molecule has 1 aliphatic heterocycles. The lowest BCUT2D eigenvalue weighted by Gasteiger charge is -2.43. The lowest BCUT2D eigenvalue weighted by atomic mass is 9.99. The summed E-state index contributed by atoms with van der Waals surface area (Å²) in [7, 11) is 1.54. The highest BCUT2D eigenvalue weighted by Crippen LogP contribution is 2.21. The molecule has 1 amide bonds. The number of β-lactam (4-membered cyclic amide) rings is 1. The molecule has 1 fully saturated rings. The molecule has 0 unspecified atom stereocenters. The standard InChI is InChI=1S/C14H17ClN2O2/c1-19-13-12(17(8-7-15)14(13)18)10-16-9-11-5-3-2-4-6-11/h2-6,10,12-13H,7-9H2,1H3/t12-,13+/m0/s1. The van der Waals surface area contributed by atoms with Crippen molar-refractivity contribution in [3.8, 4) is 0 Å². The summed E-state index contributed by atoms with van der Waals surface area (Å²) in [6.45, 7) is 1.14. The van der Waals surface area contributed by atoms with E-state index in [0.29, 0.717) is 19.0 Å². The zero-order valence-corrected chi connectivity index (χ0v) is 11.6. The molecule has 0 aromatic heterocycles. The van der Waals surface area contributed by atoms with Crippen molar-refractivity contribution in [3.05, 3.63) is 35.9 Å². The number of carbonyl (C=O) groups is 1. The van der Waals surface area contributed by atoms with Crippen LogP contribution in [0.5, 0.6) is 0 Å². The normalized spacial score (nSPS) is 22.8. The average Bonchev–Trinajstić information content (AvgIpc) is 2.45. The van der Waals surface area contributed by atoms with Crippen LogP contribution in [0.2, 0.25) is 0 Å². The highest BCUT2D eigenvalue weighted by atomic mass is 35.5. The molecule has 0 bridgehead atoms. The van der Waals surface area contributed by atoms with Gasteiger partial charge in [0.05, 0.1) is 6.54 Å². The zero-order chi connectivity index (χ0) is 13.7. The van der Waals surface area contributed by atoms with Gasteiger partial charge in [0.1, 0.15) is 6.04 Å². The maximum absolute atomic E-state index is 11.7. The second-order valence-electron chi connectivity index (χ2n) is 4.34. The summed E-state index contributed by atoms with van der Waals surface area (Å²) in [5, 5.41) is 0. The van der Waals surface area contributed by atoms with Crippen LogP contribution in [-0.4, -0.2) is 48.7 Å². The van der Waals surface area contributed by atoms with Crippen LogP contribution in [0.15, 0.2) is 35.3 Å². The van der Waals surface area contributed by atoms with E-state index < -0.39 is 6.10 Å². The van der Waals surface area contributed by atoms with Crippen molar-refractivity contribution in [2.24, 2.45) is 4.99 Å². The van der Waals surface area contributed by atoms with E-state index in [1.807, 2.05) is 30.3 Å². The number of likely N-dealkylation sites (tertiary alicyclic amines) is 1. The molecule has 1 aromatic carbocycles. The predicted molar refractivity (Wildman–Crippen MR) is 75.7 cm³/mol. The van der Waals surface area contributed by atoms with Gasteiger partial charge in [0, 0.05) is 25.7 Å². The molecule has 19 heavy (non-hydrogen) atoms. The molecule has 2 atom stereocenters. The molecule has 1 saturated heterocycles. The first kappa shape index (κ1) is 14.0. The van der Waals surface area contributed by atoms with Crippen molar-refractivity contribution >= 4 is 23.7 Å². The van der Waals surface area contributed by atoms with E-state index >= 15 is 0 Å². The summed E-state index contributed by atoms with van der Waals surface area (Å²) in [6.07, 6.45) is 1.37. The fourth-order valence-electron chi connectivity index (χ4n) is 2.14. The van der Waals surface area contributed by atoms with Gasteiger partial charge in [-0.1, -0.05) is 30.3 Å². The first-order chi connectivity index (χ1) is 9.27. The Bertz CT molecular complexity index is 450. The quantitative estimate of drug-likeness (QED) is 0.452. The lowest BCUT2D eigenvalue weighted by Crippen LogP contribution is -2.66. The number of hydrogen-bond acceptors (Lipinski definition) is 3. The topological polar surface area (TPSA) is 41.9 Å². The number of nitrogens with zero attached hydrogens (tertiary/aromatic N) is 2. The third kappa shape index (κ3) is 3.14. The molecule has 1 aromatic rings. The predicted octanol–water partition coefficient (Wildman–Crippen LogP) is 1.72. The van der Waals surface area contributed by atoms with Crippen LogP contribution in [0.4, 0.5) is 0 Å². The Labute approximate surface area is 118 Å². The summed E-state index contributed by atoms with van der Waals surface area (Å²) in [5.74, 6) is 0.407. The Balaban J connectivity index is 1.94. The van der Waals surface area contributed by atoms with Crippen molar-refractivity contribution in [3.63, 3.8) is 0 Å². The number of alkyl halides is 1. The van der Waals surface area contributed by atoms with Crippen molar-refractivity contribution < 1.29 is 9.53 Å². The van der Waals surface area contributed by atoms with Gasteiger partial charge in [0.2, 0.25) is 0 Å². The van der Waals surface area contributed by atoms with Crippen molar-refractivity contribution in [2.45, 2.75) is 18.7 Å². The second kappa shape index (κ2) is 6.68. The number of carbonyl (C=O) groups excluding carboxylic acids is 1. The van der Waals surface area contributed by atoms with Gasteiger partial charge in [-0.15, -0.1) is 11.6 Å². The second-order valence-corrected chi connectivity index (χ2v) is 4.72. The fraction of sp³-hybridized carbons (Fsp3) is 0.429. The van der Waals surface area contributed by atoms with Gasteiger partial charge in [0.25, 0.3) is 5.91 Å². The van der Waals surface area contributed by atoms with Crippen molar-refractivity contribution in [1.29, 1.82) is 0 Å². The van der Waals surface area contributed by atoms with Crippen LogP contribution in [0, 0.1) is 0 Å². The van der Waals surface area contributed by atoms with Crippen LogP contribution in [0.25, 0.3) is 0 Å². The summed E-state index contributed by atoms with van der Waals surface area (Å²) in [5.41, 5.74) is 1.14. The van der Waals surface area contributed by atoms with E-state index in [2.05, 4.69) is 4.99 Å². The molecule has 0 saturated carbocycles. The summed E-state index contributed by atoms with van der Waals surface area (Å²) in [6, 6.07) is 9.88. The highest BCUT2D eigenvalue weighted by Gasteiger charge is 2.46. The number of aliphatic imine (C=N–C) groups is 1. The minimum absolute atomic E-state index is 0.0145. The first-order valence-corrected chi connectivity index (χ1v) is 6.74. The third-order valence-corrected chi connectivity index (χ3v) is 3.32. The van der Waals surface area contributed by atoms with E-state index in [-0.39, 0.29) is 11.9 Å².